The van der Waals surface area contributed by atoms with E-state index >= 15 is 0 Å². The zero-order valence-corrected chi connectivity index (χ0v) is 17.5. The molecule has 0 spiro atoms. The molecule has 1 aromatic carbocycles. The molecule has 1 N–H and O–H groups in total. The Bertz CT molecular complexity index is 872. The number of benzene rings is 1. The molecule has 150 valence electrons. The maximum atomic E-state index is 13.0. The number of Topliss-reactive ketones (excluding diaryl/α,β-unsaturated/α-hetero) is 2. The van der Waals surface area contributed by atoms with E-state index in [9.17, 15) is 14.4 Å². The van der Waals surface area contributed by atoms with E-state index in [1.807, 2.05) is 65.0 Å². The molecule has 2 aromatic rings. The number of H-pyrrole nitrogens is 1. The van der Waals surface area contributed by atoms with Gasteiger partial charge in [0.25, 0.3) is 0 Å². The summed E-state index contributed by atoms with van der Waals surface area (Å²) < 4.78 is 5.50. The minimum atomic E-state index is -0.612. The molecule has 2 rings (SSSR count). The average molecular weight is 383 g/mol. The third-order valence-corrected chi connectivity index (χ3v) is 4.67. The first-order chi connectivity index (χ1) is 13.0. The minimum absolute atomic E-state index is 0.0195. The van der Waals surface area contributed by atoms with E-state index in [0.29, 0.717) is 11.4 Å². The second kappa shape index (κ2) is 8.55. The maximum absolute atomic E-state index is 13.0. The van der Waals surface area contributed by atoms with Crippen LogP contribution in [0.2, 0.25) is 0 Å². The fourth-order valence-electron chi connectivity index (χ4n) is 3.14. The first-order valence-corrected chi connectivity index (χ1v) is 9.50. The van der Waals surface area contributed by atoms with Gasteiger partial charge in [-0.3, -0.25) is 4.79 Å². The molecule has 0 aliphatic rings. The number of carbonyl (C=O) groups excluding carboxylic acids is 3. The monoisotopic (exact) mass is 383 g/mol. The van der Waals surface area contributed by atoms with Crippen molar-refractivity contribution in [3.63, 3.8) is 0 Å². The number of nitrogens with one attached hydrogen (secondary N) is 1. The van der Waals surface area contributed by atoms with E-state index in [-0.39, 0.29) is 24.4 Å². The lowest BCUT2D eigenvalue weighted by atomic mass is 9.87. The van der Waals surface area contributed by atoms with Crippen molar-refractivity contribution in [2.75, 3.05) is 0 Å². The molecule has 1 aromatic heterocycles. The summed E-state index contributed by atoms with van der Waals surface area (Å²) in [5, 5.41) is 0. The number of aromatic nitrogens is 1. The van der Waals surface area contributed by atoms with Gasteiger partial charge in [-0.25, -0.2) is 4.79 Å². The van der Waals surface area contributed by atoms with Crippen molar-refractivity contribution in [2.45, 2.75) is 65.9 Å². The molecular formula is C23H29NO4. The topological polar surface area (TPSA) is 76.2 Å². The summed E-state index contributed by atoms with van der Waals surface area (Å²) >= 11 is 0. The van der Waals surface area contributed by atoms with E-state index in [1.54, 1.807) is 0 Å². The molecule has 0 saturated carbocycles. The lowest BCUT2D eigenvalue weighted by Crippen LogP contribution is -2.24. The maximum Gasteiger partial charge on any atom is 0.355 e. The first-order valence-electron chi connectivity index (χ1n) is 9.50. The van der Waals surface area contributed by atoms with E-state index in [0.717, 1.165) is 16.7 Å². The van der Waals surface area contributed by atoms with Crippen molar-refractivity contribution in [1.29, 1.82) is 0 Å². The van der Waals surface area contributed by atoms with Gasteiger partial charge in [-0.1, -0.05) is 30.3 Å². The molecule has 0 saturated heterocycles. The Labute approximate surface area is 166 Å². The highest BCUT2D eigenvalue weighted by atomic mass is 16.6. The van der Waals surface area contributed by atoms with E-state index in [4.69, 9.17) is 4.74 Å². The van der Waals surface area contributed by atoms with E-state index in [2.05, 4.69) is 4.98 Å². The normalized spacial score (nSPS) is 12.5. The summed E-state index contributed by atoms with van der Waals surface area (Å²) in [6, 6.07) is 9.42. The Kier molecular flexibility index (Phi) is 6.60. The van der Waals surface area contributed by atoms with Crippen LogP contribution in [0.15, 0.2) is 30.3 Å². The molecule has 1 unspecified atom stereocenters. The summed E-state index contributed by atoms with van der Waals surface area (Å²) in [6.07, 6.45) is 0.369. The summed E-state index contributed by atoms with van der Waals surface area (Å²) in [5.41, 5.74) is 2.88. The first kappa shape index (κ1) is 21.6. The number of hydrogen-bond donors (Lipinski definition) is 1. The van der Waals surface area contributed by atoms with Gasteiger partial charge in [-0.2, -0.15) is 0 Å². The van der Waals surface area contributed by atoms with Crippen LogP contribution in [0.3, 0.4) is 0 Å². The van der Waals surface area contributed by atoms with Gasteiger partial charge in [-0.15, -0.1) is 0 Å². The highest BCUT2D eigenvalue weighted by Crippen LogP contribution is 2.32. The van der Waals surface area contributed by atoms with Crippen molar-refractivity contribution < 1.29 is 19.1 Å². The fraction of sp³-hybridized carbons (Fsp3) is 0.435. The lowest BCUT2D eigenvalue weighted by molar-refractivity contribution is -0.123. The summed E-state index contributed by atoms with van der Waals surface area (Å²) in [4.78, 5) is 40.2. The number of hydrogen-bond acceptors (Lipinski definition) is 4. The van der Waals surface area contributed by atoms with Crippen LogP contribution in [0.4, 0.5) is 0 Å². The van der Waals surface area contributed by atoms with Gasteiger partial charge in [0.05, 0.1) is 5.92 Å². The molecule has 1 heterocycles. The second-order valence-electron chi connectivity index (χ2n) is 8.18. The molecule has 5 nitrogen and oxygen atoms in total. The Balaban J connectivity index is 2.49. The number of aromatic amines is 1. The Morgan fingerprint density at radius 1 is 1.00 bits per heavy atom. The molecule has 5 heteroatoms. The predicted octanol–water partition coefficient (Wildman–Crippen LogP) is 4.66. The van der Waals surface area contributed by atoms with Crippen LogP contribution in [0.5, 0.6) is 0 Å². The van der Waals surface area contributed by atoms with Crippen molar-refractivity contribution in [3.05, 3.63) is 58.4 Å². The number of carbonyl (C=O) groups is 3. The van der Waals surface area contributed by atoms with Gasteiger partial charge in [0.2, 0.25) is 0 Å². The van der Waals surface area contributed by atoms with Crippen molar-refractivity contribution in [1.82, 2.24) is 4.98 Å². The van der Waals surface area contributed by atoms with E-state index < -0.39 is 17.5 Å². The van der Waals surface area contributed by atoms with Gasteiger partial charge in [0.15, 0.2) is 0 Å². The third-order valence-electron chi connectivity index (χ3n) is 4.67. The molecular weight excluding hydrogens is 354 g/mol. The zero-order chi connectivity index (χ0) is 21.1. The average Bonchev–Trinajstić information content (AvgIpc) is 2.89. The second-order valence-corrected chi connectivity index (χ2v) is 8.18. The van der Waals surface area contributed by atoms with Crippen molar-refractivity contribution in [2.24, 2.45) is 0 Å². The molecule has 0 radical (unpaired) electrons. The number of rotatable bonds is 7. The predicted molar refractivity (Wildman–Crippen MR) is 109 cm³/mol. The van der Waals surface area contributed by atoms with Gasteiger partial charge in [0, 0.05) is 18.5 Å². The molecule has 0 amide bonds. The van der Waals surface area contributed by atoms with Gasteiger partial charge in [-0.05, 0) is 58.2 Å². The third kappa shape index (κ3) is 5.18. The van der Waals surface area contributed by atoms with Crippen LogP contribution in [-0.4, -0.2) is 28.1 Å². The highest BCUT2D eigenvalue weighted by Gasteiger charge is 2.30. The van der Waals surface area contributed by atoms with Gasteiger partial charge in [0.1, 0.15) is 22.9 Å². The zero-order valence-electron chi connectivity index (χ0n) is 17.5. The molecule has 0 aliphatic carbocycles. The number of esters is 1. The van der Waals surface area contributed by atoms with Crippen LogP contribution < -0.4 is 0 Å². The lowest BCUT2D eigenvalue weighted by Gasteiger charge is -2.19. The van der Waals surface area contributed by atoms with Crippen LogP contribution in [0.25, 0.3) is 0 Å². The Hall–Kier alpha value is -2.69. The molecule has 0 fully saturated rings. The van der Waals surface area contributed by atoms with Crippen LogP contribution >= 0.6 is 0 Å². The number of ether oxygens (including phenoxy) is 1. The summed E-state index contributed by atoms with van der Waals surface area (Å²) in [5.74, 6) is -1.08. The highest BCUT2D eigenvalue weighted by molar-refractivity contribution is 5.94. The Morgan fingerprint density at radius 2 is 1.61 bits per heavy atom. The number of ketones is 2. The van der Waals surface area contributed by atoms with Crippen LogP contribution in [0, 0.1) is 13.8 Å². The largest absolute Gasteiger partial charge is 0.455 e. The molecule has 1 atom stereocenters. The SMILES string of the molecule is CC(=O)CCC(=O)C(c1ccccc1)c1[nH]c(C(=O)OC(C)(C)C)c(C)c1C. The minimum Gasteiger partial charge on any atom is -0.455 e. The summed E-state index contributed by atoms with van der Waals surface area (Å²) in [6.45, 7) is 10.7. The fourth-order valence-corrected chi connectivity index (χ4v) is 3.14. The quantitative estimate of drug-likeness (QED) is 0.706. The molecule has 0 bridgehead atoms. The summed E-state index contributed by atoms with van der Waals surface area (Å²) in [7, 11) is 0. The molecule has 28 heavy (non-hydrogen) atoms. The van der Waals surface area contributed by atoms with Gasteiger partial charge >= 0.3 is 5.97 Å². The van der Waals surface area contributed by atoms with Crippen molar-refractivity contribution >= 4 is 17.5 Å². The molecule has 0 aliphatic heterocycles. The van der Waals surface area contributed by atoms with Crippen LogP contribution in [0.1, 0.15) is 79.3 Å². The smallest absolute Gasteiger partial charge is 0.355 e. The van der Waals surface area contributed by atoms with E-state index in [1.165, 1.54) is 6.92 Å². The van der Waals surface area contributed by atoms with Gasteiger partial charge < -0.3 is 14.5 Å². The Morgan fingerprint density at radius 3 is 2.14 bits per heavy atom. The standard InChI is InChI=1S/C23H29NO4/c1-14(25)12-13-18(26)19(17-10-8-7-9-11-17)20-15(2)16(3)21(24-20)22(27)28-23(4,5)6/h7-11,19,24H,12-13H2,1-6H3. The van der Waals surface area contributed by atoms with Crippen LogP contribution in [-0.2, 0) is 14.3 Å². The van der Waals surface area contributed by atoms with Crippen molar-refractivity contribution in [3.8, 4) is 0 Å².